The lowest BCUT2D eigenvalue weighted by atomic mass is 10.1. The van der Waals surface area contributed by atoms with Gasteiger partial charge in [0.15, 0.2) is 0 Å². The van der Waals surface area contributed by atoms with E-state index in [0.717, 1.165) is 32.4 Å². The summed E-state index contributed by atoms with van der Waals surface area (Å²) < 4.78 is 0. The van der Waals surface area contributed by atoms with Crippen molar-refractivity contribution in [2.45, 2.75) is 50.6 Å². The first-order chi connectivity index (χ1) is 7.83. The van der Waals surface area contributed by atoms with E-state index in [4.69, 9.17) is 0 Å². The zero-order chi connectivity index (χ0) is 11.4. The Kier molecular flexibility index (Phi) is 3.99. The van der Waals surface area contributed by atoms with Crippen LogP contribution in [0.25, 0.3) is 0 Å². The highest BCUT2D eigenvalue weighted by Gasteiger charge is 2.37. The average molecular weight is 222 g/mol. The van der Waals surface area contributed by atoms with Gasteiger partial charge in [-0.1, -0.05) is 6.08 Å². The van der Waals surface area contributed by atoms with Crippen molar-refractivity contribution < 1.29 is 4.79 Å². The number of nitrogens with zero attached hydrogens (tertiary/aromatic N) is 1. The van der Waals surface area contributed by atoms with Gasteiger partial charge in [-0.25, -0.2) is 0 Å². The molecule has 2 fully saturated rings. The van der Waals surface area contributed by atoms with Crippen molar-refractivity contribution in [1.82, 2.24) is 10.2 Å². The molecule has 16 heavy (non-hydrogen) atoms. The summed E-state index contributed by atoms with van der Waals surface area (Å²) in [6.07, 6.45) is 8.01. The minimum absolute atomic E-state index is 0.359. The summed E-state index contributed by atoms with van der Waals surface area (Å²) in [5.74, 6) is 0.359. The molecule has 0 aliphatic carbocycles. The van der Waals surface area contributed by atoms with Gasteiger partial charge in [-0.15, -0.1) is 6.58 Å². The van der Waals surface area contributed by atoms with Crippen LogP contribution in [0.3, 0.4) is 0 Å². The summed E-state index contributed by atoms with van der Waals surface area (Å²) in [7, 11) is 0. The summed E-state index contributed by atoms with van der Waals surface area (Å²) in [5.41, 5.74) is 0. The van der Waals surface area contributed by atoms with Crippen LogP contribution in [0.5, 0.6) is 0 Å². The summed E-state index contributed by atoms with van der Waals surface area (Å²) >= 11 is 0. The highest BCUT2D eigenvalue weighted by molar-refractivity contribution is 5.77. The van der Waals surface area contributed by atoms with Crippen LogP contribution in [0.4, 0.5) is 0 Å². The summed E-state index contributed by atoms with van der Waals surface area (Å²) in [6, 6.07) is 0.972. The third kappa shape index (κ3) is 2.46. The van der Waals surface area contributed by atoms with Crippen molar-refractivity contribution in [2.24, 2.45) is 0 Å². The highest BCUT2D eigenvalue weighted by atomic mass is 16.2. The number of fused-ring (bicyclic) bond motifs is 2. The van der Waals surface area contributed by atoms with E-state index in [1.165, 1.54) is 12.8 Å². The number of carbonyl (C=O) groups excluding carboxylic acids is 1. The van der Waals surface area contributed by atoms with Crippen molar-refractivity contribution >= 4 is 5.91 Å². The Hall–Kier alpha value is -0.830. The molecule has 0 saturated carbocycles. The van der Waals surface area contributed by atoms with Crippen LogP contribution in [-0.4, -0.2) is 36.0 Å². The predicted octanol–water partition coefficient (Wildman–Crippen LogP) is 1.70. The standard InChI is InChI=1S/C13H22N2O/c1-2-3-4-5-13(16)15-11-6-7-12(15)10-14-9-8-11/h2,11-12,14H,1,3-10H2. The molecule has 1 N–H and O–H groups in total. The van der Waals surface area contributed by atoms with Gasteiger partial charge in [0.2, 0.25) is 5.91 Å². The van der Waals surface area contributed by atoms with Gasteiger partial charge in [0.05, 0.1) is 0 Å². The van der Waals surface area contributed by atoms with Crippen molar-refractivity contribution in [3.8, 4) is 0 Å². The number of amides is 1. The molecule has 0 aromatic heterocycles. The van der Waals surface area contributed by atoms with Crippen LogP contribution in [0, 0.1) is 0 Å². The minimum atomic E-state index is 0.359. The zero-order valence-corrected chi connectivity index (χ0v) is 9.95. The maximum Gasteiger partial charge on any atom is 0.223 e. The Morgan fingerprint density at radius 1 is 1.38 bits per heavy atom. The van der Waals surface area contributed by atoms with Gasteiger partial charge in [0.25, 0.3) is 0 Å². The highest BCUT2D eigenvalue weighted by Crippen LogP contribution is 2.28. The first-order valence-electron chi connectivity index (χ1n) is 6.45. The fourth-order valence-corrected chi connectivity index (χ4v) is 2.92. The largest absolute Gasteiger partial charge is 0.335 e. The normalized spacial score (nSPS) is 28.9. The fraction of sp³-hybridized carbons (Fsp3) is 0.769. The monoisotopic (exact) mass is 222 g/mol. The molecule has 0 spiro atoms. The van der Waals surface area contributed by atoms with Gasteiger partial charge in [-0.05, 0) is 38.6 Å². The molecule has 2 aliphatic heterocycles. The number of allylic oxidation sites excluding steroid dienone is 1. The van der Waals surface area contributed by atoms with Gasteiger partial charge >= 0.3 is 0 Å². The van der Waals surface area contributed by atoms with E-state index in [1.54, 1.807) is 0 Å². The van der Waals surface area contributed by atoms with Crippen LogP contribution in [0.15, 0.2) is 12.7 Å². The molecular weight excluding hydrogens is 200 g/mol. The molecule has 0 aromatic carbocycles. The second-order valence-corrected chi connectivity index (χ2v) is 4.86. The third-order valence-corrected chi connectivity index (χ3v) is 3.74. The van der Waals surface area contributed by atoms with Crippen molar-refractivity contribution in [3.05, 3.63) is 12.7 Å². The van der Waals surface area contributed by atoms with Crippen LogP contribution in [-0.2, 0) is 4.79 Å². The van der Waals surface area contributed by atoms with Gasteiger partial charge in [0, 0.05) is 25.0 Å². The molecule has 1 amide bonds. The second-order valence-electron chi connectivity index (χ2n) is 4.86. The minimum Gasteiger partial charge on any atom is -0.335 e. The quantitative estimate of drug-likeness (QED) is 0.580. The molecule has 2 saturated heterocycles. The molecule has 3 heteroatoms. The number of hydrogen-bond donors (Lipinski definition) is 1. The van der Waals surface area contributed by atoms with Crippen molar-refractivity contribution in [3.63, 3.8) is 0 Å². The number of rotatable bonds is 4. The molecule has 0 aromatic rings. The molecular formula is C13H22N2O. The zero-order valence-electron chi connectivity index (χ0n) is 9.95. The second kappa shape index (κ2) is 5.48. The van der Waals surface area contributed by atoms with E-state index < -0.39 is 0 Å². The molecule has 2 bridgehead atoms. The molecule has 2 atom stereocenters. The maximum absolute atomic E-state index is 12.2. The van der Waals surface area contributed by atoms with Crippen LogP contribution in [0.2, 0.25) is 0 Å². The Bertz CT molecular complexity index is 251. The summed E-state index contributed by atoms with van der Waals surface area (Å²) in [4.78, 5) is 14.3. The molecule has 2 aliphatic rings. The van der Waals surface area contributed by atoms with Crippen LogP contribution < -0.4 is 5.32 Å². The number of unbranched alkanes of at least 4 members (excludes halogenated alkanes) is 1. The average Bonchev–Trinajstić information content (AvgIpc) is 2.52. The lowest BCUT2D eigenvalue weighted by Crippen LogP contribution is -2.42. The smallest absolute Gasteiger partial charge is 0.223 e. The maximum atomic E-state index is 12.2. The van der Waals surface area contributed by atoms with Crippen LogP contribution >= 0.6 is 0 Å². The topological polar surface area (TPSA) is 32.3 Å². The number of hydrogen-bond acceptors (Lipinski definition) is 2. The van der Waals surface area contributed by atoms with Crippen LogP contribution in [0.1, 0.15) is 38.5 Å². The first-order valence-corrected chi connectivity index (χ1v) is 6.45. The van der Waals surface area contributed by atoms with E-state index in [-0.39, 0.29) is 0 Å². The molecule has 2 unspecified atom stereocenters. The SMILES string of the molecule is C=CCCCC(=O)N1C2CCNCC1CC2. The summed E-state index contributed by atoms with van der Waals surface area (Å²) in [6.45, 7) is 5.75. The molecule has 3 nitrogen and oxygen atoms in total. The van der Waals surface area contributed by atoms with Gasteiger partial charge in [0.1, 0.15) is 0 Å². The third-order valence-electron chi connectivity index (χ3n) is 3.74. The van der Waals surface area contributed by atoms with Crippen molar-refractivity contribution in [2.75, 3.05) is 13.1 Å². The predicted molar refractivity (Wildman–Crippen MR) is 65.2 cm³/mol. The fourth-order valence-electron chi connectivity index (χ4n) is 2.92. The lowest BCUT2D eigenvalue weighted by Gasteiger charge is -2.27. The van der Waals surface area contributed by atoms with E-state index in [9.17, 15) is 4.79 Å². The van der Waals surface area contributed by atoms with Gasteiger partial charge in [-0.2, -0.15) is 0 Å². The van der Waals surface area contributed by atoms with Gasteiger partial charge < -0.3 is 10.2 Å². The lowest BCUT2D eigenvalue weighted by molar-refractivity contribution is -0.133. The van der Waals surface area contributed by atoms with E-state index >= 15 is 0 Å². The van der Waals surface area contributed by atoms with E-state index in [2.05, 4.69) is 16.8 Å². The Labute approximate surface area is 97.9 Å². The Balaban J connectivity index is 1.91. The van der Waals surface area contributed by atoms with E-state index in [1.807, 2.05) is 6.08 Å². The molecule has 0 radical (unpaired) electrons. The Morgan fingerprint density at radius 3 is 3.00 bits per heavy atom. The van der Waals surface area contributed by atoms with E-state index in [0.29, 0.717) is 24.4 Å². The van der Waals surface area contributed by atoms with Gasteiger partial charge in [-0.3, -0.25) is 4.79 Å². The number of carbonyl (C=O) groups is 1. The molecule has 2 rings (SSSR count). The number of nitrogens with one attached hydrogen (secondary N) is 1. The van der Waals surface area contributed by atoms with Crippen molar-refractivity contribution in [1.29, 1.82) is 0 Å². The summed E-state index contributed by atoms with van der Waals surface area (Å²) in [5, 5.41) is 3.42. The first kappa shape index (κ1) is 11.6. The molecule has 2 heterocycles. The Morgan fingerprint density at radius 2 is 2.19 bits per heavy atom. The molecule has 90 valence electrons.